The van der Waals surface area contributed by atoms with Crippen LogP contribution in [0.15, 0.2) is 24.3 Å². The number of nitrogens with zero attached hydrogens (tertiary/aromatic N) is 1. The largest absolute Gasteiger partial charge is 0.494 e. The standard InChI is InChI=1S/C18H32N2O/c1-6-10-21-18-9-7-8-16(12-18)13-19-17(11-15(2)3)14-20(4)5/h7-9,12,15,17,19H,6,10-11,13-14H2,1-5H3. The topological polar surface area (TPSA) is 24.5 Å². The average Bonchev–Trinajstić information content (AvgIpc) is 2.42. The minimum absolute atomic E-state index is 0.528. The SMILES string of the molecule is CCCOc1cccc(CNC(CC(C)C)CN(C)C)c1. The van der Waals surface area contributed by atoms with Crippen LogP contribution in [0.4, 0.5) is 0 Å². The molecule has 0 aliphatic rings. The molecule has 0 bridgehead atoms. The molecule has 1 atom stereocenters. The maximum absolute atomic E-state index is 5.70. The second kappa shape index (κ2) is 9.80. The third-order valence-electron chi connectivity index (χ3n) is 3.31. The molecular formula is C18H32N2O. The summed E-state index contributed by atoms with van der Waals surface area (Å²) in [4.78, 5) is 2.25. The van der Waals surface area contributed by atoms with E-state index in [4.69, 9.17) is 4.74 Å². The van der Waals surface area contributed by atoms with Gasteiger partial charge < -0.3 is 15.0 Å². The lowest BCUT2D eigenvalue weighted by atomic mass is 10.0. The summed E-state index contributed by atoms with van der Waals surface area (Å²) in [5.41, 5.74) is 1.29. The summed E-state index contributed by atoms with van der Waals surface area (Å²) in [5.74, 6) is 1.69. The Morgan fingerprint density at radius 2 is 2.00 bits per heavy atom. The molecule has 1 aromatic carbocycles. The van der Waals surface area contributed by atoms with Gasteiger partial charge in [-0.05, 0) is 50.6 Å². The van der Waals surface area contributed by atoms with Crippen molar-refractivity contribution in [2.24, 2.45) is 5.92 Å². The van der Waals surface area contributed by atoms with Crippen molar-refractivity contribution in [3.8, 4) is 5.75 Å². The first kappa shape index (κ1) is 18.0. The van der Waals surface area contributed by atoms with E-state index < -0.39 is 0 Å². The normalized spacial score (nSPS) is 12.9. The summed E-state index contributed by atoms with van der Waals surface area (Å²) < 4.78 is 5.70. The maximum Gasteiger partial charge on any atom is 0.119 e. The molecule has 0 aliphatic heterocycles. The monoisotopic (exact) mass is 292 g/mol. The highest BCUT2D eigenvalue weighted by molar-refractivity contribution is 5.28. The highest BCUT2D eigenvalue weighted by Gasteiger charge is 2.11. The number of hydrogen-bond donors (Lipinski definition) is 1. The van der Waals surface area contributed by atoms with Crippen LogP contribution < -0.4 is 10.1 Å². The van der Waals surface area contributed by atoms with E-state index in [0.29, 0.717) is 12.0 Å². The van der Waals surface area contributed by atoms with Crippen LogP contribution in [0.3, 0.4) is 0 Å². The molecule has 0 radical (unpaired) electrons. The van der Waals surface area contributed by atoms with Crippen molar-refractivity contribution < 1.29 is 4.74 Å². The predicted octanol–water partition coefficient (Wildman–Crippen LogP) is 3.54. The van der Waals surface area contributed by atoms with Crippen molar-refractivity contribution >= 4 is 0 Å². The van der Waals surface area contributed by atoms with Crippen molar-refractivity contribution in [2.75, 3.05) is 27.2 Å². The van der Waals surface area contributed by atoms with E-state index in [1.54, 1.807) is 0 Å². The van der Waals surface area contributed by atoms with Crippen molar-refractivity contribution in [1.82, 2.24) is 10.2 Å². The molecule has 0 fully saturated rings. The molecule has 0 heterocycles. The molecule has 0 spiro atoms. The average molecular weight is 292 g/mol. The number of likely N-dealkylation sites (N-methyl/N-ethyl adjacent to an activating group) is 1. The second-order valence-electron chi connectivity index (χ2n) is 6.47. The molecule has 3 heteroatoms. The second-order valence-corrected chi connectivity index (χ2v) is 6.47. The van der Waals surface area contributed by atoms with E-state index in [-0.39, 0.29) is 0 Å². The lowest BCUT2D eigenvalue weighted by Gasteiger charge is -2.24. The molecule has 0 saturated heterocycles. The number of benzene rings is 1. The minimum Gasteiger partial charge on any atom is -0.494 e. The highest BCUT2D eigenvalue weighted by atomic mass is 16.5. The summed E-state index contributed by atoms with van der Waals surface area (Å²) in [6, 6.07) is 8.94. The number of nitrogens with one attached hydrogen (secondary N) is 1. The van der Waals surface area contributed by atoms with Crippen LogP contribution in [-0.2, 0) is 6.54 Å². The van der Waals surface area contributed by atoms with Gasteiger partial charge in [0.15, 0.2) is 0 Å². The van der Waals surface area contributed by atoms with Gasteiger partial charge in [-0.2, -0.15) is 0 Å². The summed E-state index contributed by atoms with van der Waals surface area (Å²) in [7, 11) is 4.27. The van der Waals surface area contributed by atoms with Crippen molar-refractivity contribution in [2.45, 2.75) is 46.2 Å². The quantitative estimate of drug-likeness (QED) is 0.714. The van der Waals surface area contributed by atoms with Gasteiger partial charge in [-0.25, -0.2) is 0 Å². The Labute approximate surface area is 130 Å². The number of ether oxygens (including phenoxy) is 1. The van der Waals surface area contributed by atoms with Gasteiger partial charge in [-0.15, -0.1) is 0 Å². The van der Waals surface area contributed by atoms with E-state index in [2.05, 4.69) is 63.3 Å². The lowest BCUT2D eigenvalue weighted by molar-refractivity contribution is 0.304. The lowest BCUT2D eigenvalue weighted by Crippen LogP contribution is -2.38. The van der Waals surface area contributed by atoms with E-state index in [1.165, 1.54) is 12.0 Å². The minimum atomic E-state index is 0.528. The molecule has 1 rings (SSSR count). The molecular weight excluding hydrogens is 260 g/mol. The maximum atomic E-state index is 5.70. The summed E-state index contributed by atoms with van der Waals surface area (Å²) >= 11 is 0. The van der Waals surface area contributed by atoms with E-state index >= 15 is 0 Å². The fraction of sp³-hybridized carbons (Fsp3) is 0.667. The van der Waals surface area contributed by atoms with Crippen LogP contribution in [0.25, 0.3) is 0 Å². The first-order chi connectivity index (χ1) is 10.0. The predicted molar refractivity (Wildman–Crippen MR) is 90.9 cm³/mol. The zero-order valence-electron chi connectivity index (χ0n) is 14.4. The third-order valence-corrected chi connectivity index (χ3v) is 3.31. The van der Waals surface area contributed by atoms with Gasteiger partial charge in [0.1, 0.15) is 5.75 Å². The summed E-state index contributed by atoms with van der Waals surface area (Å²) in [5, 5.41) is 3.68. The molecule has 120 valence electrons. The first-order valence-electron chi connectivity index (χ1n) is 8.11. The fourth-order valence-electron chi connectivity index (χ4n) is 2.46. The smallest absolute Gasteiger partial charge is 0.119 e. The van der Waals surface area contributed by atoms with Gasteiger partial charge in [0.05, 0.1) is 6.61 Å². The summed E-state index contributed by atoms with van der Waals surface area (Å²) in [6.07, 6.45) is 2.24. The highest BCUT2D eigenvalue weighted by Crippen LogP contribution is 2.14. The Bertz CT molecular complexity index is 381. The fourth-order valence-corrected chi connectivity index (χ4v) is 2.46. The zero-order chi connectivity index (χ0) is 15.7. The Morgan fingerprint density at radius 1 is 1.24 bits per heavy atom. The van der Waals surface area contributed by atoms with Gasteiger partial charge >= 0.3 is 0 Å². The molecule has 0 amide bonds. The van der Waals surface area contributed by atoms with Crippen LogP contribution in [0.2, 0.25) is 0 Å². The van der Waals surface area contributed by atoms with Gasteiger partial charge in [0.2, 0.25) is 0 Å². The van der Waals surface area contributed by atoms with Crippen LogP contribution in [0.5, 0.6) is 5.75 Å². The Kier molecular flexibility index (Phi) is 8.40. The van der Waals surface area contributed by atoms with Crippen LogP contribution in [0, 0.1) is 5.92 Å². The van der Waals surface area contributed by atoms with Gasteiger partial charge in [0, 0.05) is 19.1 Å². The molecule has 0 aliphatic carbocycles. The van der Waals surface area contributed by atoms with Crippen LogP contribution in [0.1, 0.15) is 39.2 Å². The zero-order valence-corrected chi connectivity index (χ0v) is 14.4. The Morgan fingerprint density at radius 3 is 2.62 bits per heavy atom. The van der Waals surface area contributed by atoms with Crippen molar-refractivity contribution in [3.05, 3.63) is 29.8 Å². The van der Waals surface area contributed by atoms with Crippen molar-refractivity contribution in [3.63, 3.8) is 0 Å². The van der Waals surface area contributed by atoms with E-state index in [1.807, 2.05) is 6.07 Å². The number of hydrogen-bond acceptors (Lipinski definition) is 3. The van der Waals surface area contributed by atoms with E-state index in [9.17, 15) is 0 Å². The molecule has 0 aromatic heterocycles. The number of rotatable bonds is 10. The van der Waals surface area contributed by atoms with Crippen LogP contribution >= 0.6 is 0 Å². The third kappa shape index (κ3) is 8.08. The van der Waals surface area contributed by atoms with Gasteiger partial charge in [0.25, 0.3) is 0 Å². The molecule has 0 saturated carbocycles. The Balaban J connectivity index is 2.53. The first-order valence-corrected chi connectivity index (χ1v) is 8.11. The van der Waals surface area contributed by atoms with Gasteiger partial charge in [-0.3, -0.25) is 0 Å². The molecule has 1 aromatic rings. The van der Waals surface area contributed by atoms with Crippen LogP contribution in [-0.4, -0.2) is 38.2 Å². The molecule has 21 heavy (non-hydrogen) atoms. The molecule has 3 nitrogen and oxygen atoms in total. The molecule has 1 N–H and O–H groups in total. The van der Waals surface area contributed by atoms with E-state index in [0.717, 1.165) is 31.9 Å². The van der Waals surface area contributed by atoms with Gasteiger partial charge in [-0.1, -0.05) is 32.9 Å². The molecule has 1 unspecified atom stereocenters. The summed E-state index contributed by atoms with van der Waals surface area (Å²) in [6.45, 7) is 9.45. The Hall–Kier alpha value is -1.06. The van der Waals surface area contributed by atoms with Crippen molar-refractivity contribution in [1.29, 1.82) is 0 Å².